The van der Waals surface area contributed by atoms with Gasteiger partial charge in [-0.25, -0.2) is 0 Å². The molecule has 1 aliphatic heterocycles. The minimum absolute atomic E-state index is 0.346. The molecule has 0 aliphatic carbocycles. The zero-order chi connectivity index (χ0) is 13.8. The maximum Gasteiger partial charge on any atom is 0.0599 e. The molecule has 1 heterocycles. The molecule has 0 saturated carbocycles. The first-order valence-electron chi connectivity index (χ1n) is 6.55. The van der Waals surface area contributed by atoms with Crippen molar-refractivity contribution in [3.63, 3.8) is 0 Å². The third-order valence-electron chi connectivity index (χ3n) is 3.76. The molecule has 0 radical (unpaired) electrons. The zero-order valence-electron chi connectivity index (χ0n) is 11.1. The monoisotopic (exact) mass is 346 g/mol. The van der Waals surface area contributed by atoms with Gasteiger partial charge in [-0.2, -0.15) is 0 Å². The van der Waals surface area contributed by atoms with E-state index in [1.54, 1.807) is 7.11 Å². The number of methoxy groups -OCH3 is 1. The first-order chi connectivity index (χ1) is 9.13. The third kappa shape index (κ3) is 3.92. The number of benzene rings is 1. The average molecular weight is 348 g/mol. The maximum atomic E-state index is 6.14. The van der Waals surface area contributed by atoms with E-state index in [0.29, 0.717) is 18.7 Å². The van der Waals surface area contributed by atoms with Gasteiger partial charge in [0.05, 0.1) is 11.1 Å². The molecule has 2 N–H and O–H groups in total. The Morgan fingerprint density at radius 1 is 1.53 bits per heavy atom. The number of nitrogens with zero attached hydrogens (tertiary/aromatic N) is 1. The number of likely N-dealkylation sites (tertiary alicyclic amines) is 1. The molecular formula is C14H20BrClN2O. The topological polar surface area (TPSA) is 38.5 Å². The number of halogens is 2. The van der Waals surface area contributed by atoms with Crippen LogP contribution in [0, 0.1) is 0 Å². The second kappa shape index (κ2) is 7.04. The van der Waals surface area contributed by atoms with E-state index in [1.807, 2.05) is 12.1 Å². The second-order valence-electron chi connectivity index (χ2n) is 4.99. The molecule has 1 aromatic rings. The lowest BCUT2D eigenvalue weighted by atomic mass is 9.98. The van der Waals surface area contributed by atoms with Crippen LogP contribution in [0.15, 0.2) is 22.7 Å². The van der Waals surface area contributed by atoms with Gasteiger partial charge in [-0.3, -0.25) is 4.90 Å². The molecule has 2 unspecified atom stereocenters. The summed E-state index contributed by atoms with van der Waals surface area (Å²) in [5.74, 6) is 0. The molecule has 1 saturated heterocycles. The summed E-state index contributed by atoms with van der Waals surface area (Å²) in [4.78, 5) is 2.43. The van der Waals surface area contributed by atoms with Crippen molar-refractivity contribution in [3.8, 4) is 0 Å². The minimum Gasteiger partial charge on any atom is -0.381 e. The van der Waals surface area contributed by atoms with Gasteiger partial charge in [0.25, 0.3) is 0 Å². The molecule has 106 valence electrons. The number of ether oxygens (including phenoxy) is 1. The Bertz CT molecular complexity index is 430. The first kappa shape index (κ1) is 15.3. The van der Waals surface area contributed by atoms with Gasteiger partial charge in [0.15, 0.2) is 0 Å². The molecule has 2 atom stereocenters. The van der Waals surface area contributed by atoms with Gasteiger partial charge in [-0.05, 0) is 46.5 Å². The predicted octanol–water partition coefficient (Wildman–Crippen LogP) is 3.04. The van der Waals surface area contributed by atoms with E-state index < -0.39 is 0 Å². The normalized spacial score (nSPS) is 24.6. The van der Waals surface area contributed by atoms with Crippen molar-refractivity contribution in [1.82, 2.24) is 4.90 Å². The SMILES string of the molecule is COC1CCN(Cc2ccc(Br)c(Cl)c2)C(CN)C1. The van der Waals surface area contributed by atoms with Crippen molar-refractivity contribution >= 4 is 27.5 Å². The molecule has 1 fully saturated rings. The summed E-state index contributed by atoms with van der Waals surface area (Å²) >= 11 is 9.55. The lowest BCUT2D eigenvalue weighted by Gasteiger charge is -2.38. The van der Waals surface area contributed by atoms with Crippen LogP contribution in [-0.4, -0.2) is 37.2 Å². The third-order valence-corrected chi connectivity index (χ3v) is 5.00. The van der Waals surface area contributed by atoms with Crippen molar-refractivity contribution in [2.24, 2.45) is 5.73 Å². The van der Waals surface area contributed by atoms with Crippen LogP contribution in [0.3, 0.4) is 0 Å². The van der Waals surface area contributed by atoms with Crippen LogP contribution in [0.5, 0.6) is 0 Å². The highest BCUT2D eigenvalue weighted by Gasteiger charge is 2.27. The Hall–Kier alpha value is -0.130. The summed E-state index contributed by atoms with van der Waals surface area (Å²) in [6, 6.07) is 6.51. The zero-order valence-corrected chi connectivity index (χ0v) is 13.5. The van der Waals surface area contributed by atoms with Gasteiger partial charge in [-0.15, -0.1) is 0 Å². The summed E-state index contributed by atoms with van der Waals surface area (Å²) in [5.41, 5.74) is 7.11. The van der Waals surface area contributed by atoms with Gasteiger partial charge in [-0.1, -0.05) is 17.7 Å². The fraction of sp³-hybridized carbons (Fsp3) is 0.571. The van der Waals surface area contributed by atoms with E-state index in [1.165, 1.54) is 5.56 Å². The fourth-order valence-electron chi connectivity index (χ4n) is 2.60. The van der Waals surface area contributed by atoms with Crippen molar-refractivity contribution in [1.29, 1.82) is 0 Å². The highest BCUT2D eigenvalue weighted by molar-refractivity contribution is 9.10. The van der Waals surface area contributed by atoms with Gasteiger partial charge >= 0.3 is 0 Å². The molecule has 0 amide bonds. The van der Waals surface area contributed by atoms with Crippen molar-refractivity contribution in [3.05, 3.63) is 33.3 Å². The lowest BCUT2D eigenvalue weighted by Crippen LogP contribution is -2.47. The quantitative estimate of drug-likeness (QED) is 0.910. The smallest absolute Gasteiger partial charge is 0.0599 e. The first-order valence-corrected chi connectivity index (χ1v) is 7.72. The lowest BCUT2D eigenvalue weighted by molar-refractivity contribution is 0.0102. The van der Waals surface area contributed by atoms with Crippen LogP contribution in [-0.2, 0) is 11.3 Å². The molecule has 0 aromatic heterocycles. The standard InChI is InChI=1S/C14H20BrClN2O/c1-19-12-4-5-18(11(7-12)8-17)9-10-2-3-13(15)14(16)6-10/h2-3,6,11-12H,4-5,7-9,17H2,1H3. The van der Waals surface area contributed by atoms with Crippen LogP contribution in [0.2, 0.25) is 5.02 Å². The highest BCUT2D eigenvalue weighted by Crippen LogP contribution is 2.26. The Morgan fingerprint density at radius 3 is 2.95 bits per heavy atom. The second-order valence-corrected chi connectivity index (χ2v) is 6.25. The number of rotatable bonds is 4. The van der Waals surface area contributed by atoms with Gasteiger partial charge in [0, 0.05) is 37.3 Å². The molecule has 2 rings (SSSR count). The molecular weight excluding hydrogens is 328 g/mol. The average Bonchev–Trinajstić information content (AvgIpc) is 2.43. The van der Waals surface area contributed by atoms with Crippen LogP contribution in [0.25, 0.3) is 0 Å². The number of hydrogen-bond donors (Lipinski definition) is 1. The van der Waals surface area contributed by atoms with E-state index in [-0.39, 0.29) is 0 Å². The van der Waals surface area contributed by atoms with Gasteiger partial charge < -0.3 is 10.5 Å². The maximum absolute atomic E-state index is 6.14. The van der Waals surface area contributed by atoms with E-state index in [0.717, 1.165) is 35.4 Å². The highest BCUT2D eigenvalue weighted by atomic mass is 79.9. The summed E-state index contributed by atoms with van der Waals surface area (Å²) in [6.45, 7) is 2.59. The largest absolute Gasteiger partial charge is 0.381 e. The van der Waals surface area contributed by atoms with Crippen LogP contribution >= 0.6 is 27.5 Å². The molecule has 0 spiro atoms. The van der Waals surface area contributed by atoms with E-state index >= 15 is 0 Å². The Morgan fingerprint density at radius 2 is 2.32 bits per heavy atom. The molecule has 0 bridgehead atoms. The van der Waals surface area contributed by atoms with Crippen LogP contribution < -0.4 is 5.73 Å². The van der Waals surface area contributed by atoms with Crippen molar-refractivity contribution in [2.45, 2.75) is 31.5 Å². The molecule has 5 heteroatoms. The van der Waals surface area contributed by atoms with Gasteiger partial charge in [0.1, 0.15) is 0 Å². The summed E-state index contributed by atoms with van der Waals surface area (Å²) < 4.78 is 6.38. The Labute approximate surface area is 128 Å². The van der Waals surface area contributed by atoms with Crippen LogP contribution in [0.4, 0.5) is 0 Å². The molecule has 1 aromatic carbocycles. The van der Waals surface area contributed by atoms with E-state index in [9.17, 15) is 0 Å². The van der Waals surface area contributed by atoms with Gasteiger partial charge in [0.2, 0.25) is 0 Å². The minimum atomic E-state index is 0.346. The summed E-state index contributed by atoms with van der Waals surface area (Å²) in [6.07, 6.45) is 2.42. The fourth-order valence-corrected chi connectivity index (χ4v) is 3.05. The van der Waals surface area contributed by atoms with E-state index in [4.69, 9.17) is 22.1 Å². The molecule has 19 heavy (non-hydrogen) atoms. The van der Waals surface area contributed by atoms with E-state index in [2.05, 4.69) is 26.9 Å². The predicted molar refractivity (Wildman–Crippen MR) is 82.4 cm³/mol. The molecule has 3 nitrogen and oxygen atoms in total. The number of nitrogens with two attached hydrogens (primary N) is 1. The number of piperidine rings is 1. The Balaban J connectivity index is 2.03. The Kier molecular flexibility index (Phi) is 5.66. The summed E-state index contributed by atoms with van der Waals surface area (Å²) in [5, 5.41) is 0.758. The number of hydrogen-bond acceptors (Lipinski definition) is 3. The summed E-state index contributed by atoms with van der Waals surface area (Å²) in [7, 11) is 1.78. The molecule has 1 aliphatic rings. The van der Waals surface area contributed by atoms with Crippen molar-refractivity contribution in [2.75, 3.05) is 20.2 Å². The van der Waals surface area contributed by atoms with Crippen LogP contribution in [0.1, 0.15) is 18.4 Å². The van der Waals surface area contributed by atoms with Crippen molar-refractivity contribution < 1.29 is 4.74 Å².